The zero-order valence-corrected chi connectivity index (χ0v) is 19.7. The van der Waals surface area contributed by atoms with E-state index in [2.05, 4.69) is 5.32 Å². The molecule has 2 aromatic rings. The SMILES string of the molecule is CCOC(=O)Nc1ccc(S(=O)(=O)N2CCc3cc(S(=O)(=O)N4CCOCC4)ccc32)cc1. The number of ether oxygens (including phenoxy) is 2. The summed E-state index contributed by atoms with van der Waals surface area (Å²) in [5.74, 6) is 0. The number of hydrogen-bond donors (Lipinski definition) is 1. The van der Waals surface area contributed by atoms with E-state index in [-0.39, 0.29) is 22.9 Å². The lowest BCUT2D eigenvalue weighted by atomic mass is 10.2. The van der Waals surface area contributed by atoms with Crippen molar-refractivity contribution in [3.05, 3.63) is 48.0 Å². The fraction of sp³-hybridized carbons (Fsp3) is 0.381. The summed E-state index contributed by atoms with van der Waals surface area (Å²) in [4.78, 5) is 11.7. The average Bonchev–Trinajstić information content (AvgIpc) is 3.24. The van der Waals surface area contributed by atoms with Gasteiger partial charge in [-0.05, 0) is 61.4 Å². The first-order chi connectivity index (χ1) is 15.7. The Morgan fingerprint density at radius 2 is 1.64 bits per heavy atom. The standard InChI is InChI=1S/C21H25N3O7S2/c1-2-31-21(25)22-17-3-5-18(6-4-17)33(28,29)24-10-9-16-15-19(7-8-20(16)24)32(26,27)23-11-13-30-14-12-23/h3-8,15H,2,9-14H2,1H3,(H,22,25). The second kappa shape index (κ2) is 9.29. The highest BCUT2D eigenvalue weighted by Crippen LogP contribution is 2.35. The Kier molecular flexibility index (Phi) is 6.61. The highest BCUT2D eigenvalue weighted by atomic mass is 32.2. The van der Waals surface area contributed by atoms with Gasteiger partial charge in [0.1, 0.15) is 0 Å². The van der Waals surface area contributed by atoms with Gasteiger partial charge in [-0.1, -0.05) is 0 Å². The van der Waals surface area contributed by atoms with Crippen LogP contribution < -0.4 is 9.62 Å². The molecule has 1 saturated heterocycles. The van der Waals surface area contributed by atoms with E-state index in [0.29, 0.717) is 49.7 Å². The molecule has 1 fully saturated rings. The lowest BCUT2D eigenvalue weighted by Gasteiger charge is -2.26. The van der Waals surface area contributed by atoms with Crippen LogP contribution in [0, 0.1) is 0 Å². The van der Waals surface area contributed by atoms with Gasteiger partial charge in [-0.25, -0.2) is 21.6 Å². The lowest BCUT2D eigenvalue weighted by Crippen LogP contribution is -2.40. The first-order valence-corrected chi connectivity index (χ1v) is 13.4. The topological polar surface area (TPSA) is 122 Å². The minimum Gasteiger partial charge on any atom is -0.450 e. The zero-order chi connectivity index (χ0) is 23.6. The van der Waals surface area contributed by atoms with Crippen LogP contribution in [-0.4, -0.2) is 66.7 Å². The molecule has 0 spiro atoms. The molecule has 1 amide bonds. The van der Waals surface area contributed by atoms with Crippen molar-refractivity contribution in [1.82, 2.24) is 4.31 Å². The highest BCUT2D eigenvalue weighted by Gasteiger charge is 2.33. The number of rotatable bonds is 6. The number of benzene rings is 2. The third-order valence-electron chi connectivity index (χ3n) is 5.48. The summed E-state index contributed by atoms with van der Waals surface area (Å²) in [6, 6.07) is 10.3. The maximum Gasteiger partial charge on any atom is 0.411 e. The molecule has 0 radical (unpaired) electrons. The summed E-state index contributed by atoms with van der Waals surface area (Å²) in [5, 5.41) is 2.52. The monoisotopic (exact) mass is 495 g/mol. The quantitative estimate of drug-likeness (QED) is 0.651. The van der Waals surface area contributed by atoms with Crippen LogP contribution in [0.25, 0.3) is 0 Å². The van der Waals surface area contributed by atoms with Gasteiger partial charge in [0, 0.05) is 25.3 Å². The minimum absolute atomic E-state index is 0.0646. The van der Waals surface area contributed by atoms with Crippen LogP contribution in [-0.2, 0) is 35.9 Å². The normalized spacial score (nSPS) is 16.9. The molecule has 1 N–H and O–H groups in total. The molecule has 4 rings (SSSR count). The number of fused-ring (bicyclic) bond motifs is 1. The van der Waals surface area contributed by atoms with Gasteiger partial charge >= 0.3 is 6.09 Å². The van der Waals surface area contributed by atoms with Gasteiger partial charge in [0.25, 0.3) is 10.0 Å². The largest absolute Gasteiger partial charge is 0.450 e. The van der Waals surface area contributed by atoms with Crippen molar-refractivity contribution in [2.45, 2.75) is 23.1 Å². The van der Waals surface area contributed by atoms with Gasteiger partial charge in [-0.15, -0.1) is 0 Å². The fourth-order valence-electron chi connectivity index (χ4n) is 3.82. The van der Waals surface area contributed by atoms with Crippen molar-refractivity contribution in [2.75, 3.05) is 49.1 Å². The van der Waals surface area contributed by atoms with Crippen LogP contribution >= 0.6 is 0 Å². The summed E-state index contributed by atoms with van der Waals surface area (Å²) < 4.78 is 65.0. The Morgan fingerprint density at radius 3 is 2.30 bits per heavy atom. The molecule has 0 atom stereocenters. The van der Waals surface area contributed by atoms with E-state index in [1.165, 1.54) is 38.9 Å². The molecule has 0 unspecified atom stereocenters. The van der Waals surface area contributed by atoms with Crippen LogP contribution in [0.15, 0.2) is 52.3 Å². The van der Waals surface area contributed by atoms with E-state index in [0.717, 1.165) is 0 Å². The summed E-state index contributed by atoms with van der Waals surface area (Å²) >= 11 is 0. The van der Waals surface area contributed by atoms with Gasteiger partial charge in [0.15, 0.2) is 0 Å². The highest BCUT2D eigenvalue weighted by molar-refractivity contribution is 7.92. The summed E-state index contributed by atoms with van der Waals surface area (Å²) in [6.45, 7) is 3.41. The predicted octanol–water partition coefficient (Wildman–Crippen LogP) is 2.03. The number of carbonyl (C=O) groups is 1. The minimum atomic E-state index is -3.86. The van der Waals surface area contributed by atoms with Gasteiger partial charge in [-0.3, -0.25) is 9.62 Å². The predicted molar refractivity (Wildman–Crippen MR) is 121 cm³/mol. The fourth-order valence-corrected chi connectivity index (χ4v) is 6.78. The summed E-state index contributed by atoms with van der Waals surface area (Å²) in [7, 11) is -7.53. The van der Waals surface area contributed by atoms with Crippen molar-refractivity contribution in [3.63, 3.8) is 0 Å². The number of hydrogen-bond acceptors (Lipinski definition) is 7. The van der Waals surface area contributed by atoms with Gasteiger partial charge in [-0.2, -0.15) is 4.31 Å². The first-order valence-electron chi connectivity index (χ1n) is 10.5. The lowest BCUT2D eigenvalue weighted by molar-refractivity contribution is 0.0730. The summed E-state index contributed by atoms with van der Waals surface area (Å²) in [6.07, 6.45) is -0.215. The molecule has 12 heteroatoms. The number of carbonyl (C=O) groups excluding carboxylic acids is 1. The van der Waals surface area contributed by atoms with E-state index in [1.807, 2.05) is 0 Å². The van der Waals surface area contributed by atoms with Crippen molar-refractivity contribution < 1.29 is 31.1 Å². The molecule has 0 bridgehead atoms. The van der Waals surface area contributed by atoms with Crippen LogP contribution in [0.5, 0.6) is 0 Å². The Balaban J connectivity index is 1.55. The molecule has 0 aromatic heterocycles. The smallest absolute Gasteiger partial charge is 0.411 e. The van der Waals surface area contributed by atoms with E-state index in [4.69, 9.17) is 9.47 Å². The van der Waals surface area contributed by atoms with Crippen molar-refractivity contribution in [1.29, 1.82) is 0 Å². The maximum atomic E-state index is 13.2. The molecule has 10 nitrogen and oxygen atoms in total. The number of amides is 1. The number of anilines is 2. The first kappa shape index (κ1) is 23.5. The second-order valence-electron chi connectivity index (χ2n) is 7.50. The van der Waals surface area contributed by atoms with E-state index in [9.17, 15) is 21.6 Å². The molecule has 0 aliphatic carbocycles. The Hall–Kier alpha value is -2.67. The van der Waals surface area contributed by atoms with Crippen molar-refractivity contribution >= 4 is 37.5 Å². The van der Waals surface area contributed by atoms with Gasteiger partial charge < -0.3 is 9.47 Å². The molecule has 178 valence electrons. The third kappa shape index (κ3) is 4.69. The Morgan fingerprint density at radius 1 is 0.970 bits per heavy atom. The maximum absolute atomic E-state index is 13.2. The van der Waals surface area contributed by atoms with Crippen LogP contribution in [0.1, 0.15) is 12.5 Å². The molecular weight excluding hydrogens is 470 g/mol. The van der Waals surface area contributed by atoms with Gasteiger partial charge in [0.05, 0.1) is 35.3 Å². The number of sulfonamides is 2. The van der Waals surface area contributed by atoms with Crippen molar-refractivity contribution in [3.8, 4) is 0 Å². The Labute approximate surface area is 193 Å². The van der Waals surface area contributed by atoms with E-state index < -0.39 is 26.1 Å². The van der Waals surface area contributed by atoms with Gasteiger partial charge in [0.2, 0.25) is 10.0 Å². The van der Waals surface area contributed by atoms with E-state index in [1.54, 1.807) is 19.1 Å². The molecule has 33 heavy (non-hydrogen) atoms. The average molecular weight is 496 g/mol. The molecule has 2 heterocycles. The number of morpholine rings is 1. The van der Waals surface area contributed by atoms with Crippen LogP contribution in [0.3, 0.4) is 0 Å². The molecule has 0 saturated carbocycles. The van der Waals surface area contributed by atoms with Crippen LogP contribution in [0.4, 0.5) is 16.2 Å². The second-order valence-corrected chi connectivity index (χ2v) is 11.3. The Bertz CT molecular complexity index is 1240. The number of nitrogens with one attached hydrogen (secondary N) is 1. The van der Waals surface area contributed by atoms with E-state index >= 15 is 0 Å². The summed E-state index contributed by atoms with van der Waals surface area (Å²) in [5.41, 5.74) is 1.53. The molecule has 2 aliphatic rings. The molecular formula is C21H25N3O7S2. The van der Waals surface area contributed by atoms with Crippen LogP contribution in [0.2, 0.25) is 0 Å². The zero-order valence-electron chi connectivity index (χ0n) is 18.1. The van der Waals surface area contributed by atoms with Crippen molar-refractivity contribution in [2.24, 2.45) is 0 Å². The molecule has 2 aliphatic heterocycles. The molecule has 2 aromatic carbocycles. The third-order valence-corrected chi connectivity index (χ3v) is 9.20. The number of nitrogens with zero attached hydrogens (tertiary/aromatic N) is 2.